The molecule has 0 radical (unpaired) electrons. The van der Waals surface area contributed by atoms with Gasteiger partial charge in [-0.05, 0) is 10.1 Å². The molecule has 0 aliphatic carbocycles. The first-order chi connectivity index (χ1) is 6.71. The minimum atomic E-state index is -1.06. The third-order valence-electron chi connectivity index (χ3n) is 5.44. The van der Waals surface area contributed by atoms with Gasteiger partial charge in [-0.25, -0.2) is 0 Å². The van der Waals surface area contributed by atoms with Crippen LogP contribution in [0.1, 0.15) is 41.5 Å². The van der Waals surface area contributed by atoms with E-state index < -0.39 is 16.1 Å². The van der Waals surface area contributed by atoms with Gasteiger partial charge in [0.2, 0.25) is 0 Å². The Hall–Kier alpha value is 0.434. The molecule has 0 unspecified atom stereocenters. The summed E-state index contributed by atoms with van der Waals surface area (Å²) in [5.41, 5.74) is 0. The second-order valence-electron chi connectivity index (χ2n) is 8.77. The highest BCUT2D eigenvalue weighted by Crippen LogP contribution is 2.45. The van der Waals surface area contributed by atoms with Crippen molar-refractivity contribution in [2.75, 3.05) is 0 Å². The third kappa shape index (κ3) is 4.03. The molecular formula is C14H34Si2. The van der Waals surface area contributed by atoms with Crippen LogP contribution in [-0.4, -0.2) is 16.1 Å². The summed E-state index contributed by atoms with van der Waals surface area (Å²) in [4.78, 5) is 0. The van der Waals surface area contributed by atoms with Gasteiger partial charge in [0.05, 0.1) is 16.1 Å². The summed E-state index contributed by atoms with van der Waals surface area (Å²) < 4.78 is 0. The fraction of sp³-hybridized carbons (Fsp3) is 1.00. The molecule has 0 fully saturated rings. The van der Waals surface area contributed by atoms with E-state index in [1.165, 1.54) is 12.1 Å². The van der Waals surface area contributed by atoms with Gasteiger partial charge in [0.15, 0.2) is 0 Å². The predicted octanol–water partition coefficient (Wildman–Crippen LogP) is 6.00. The minimum absolute atomic E-state index is 0.551. The van der Waals surface area contributed by atoms with Crippen molar-refractivity contribution < 1.29 is 0 Å². The van der Waals surface area contributed by atoms with Crippen molar-refractivity contribution in [3.05, 3.63) is 0 Å². The topological polar surface area (TPSA) is 0 Å². The third-order valence-corrected chi connectivity index (χ3v) is 17.1. The van der Waals surface area contributed by atoms with Crippen LogP contribution in [-0.2, 0) is 0 Å². The maximum absolute atomic E-state index is 2.57. The number of rotatable bonds is 3. The molecule has 16 heavy (non-hydrogen) atoms. The molecule has 0 heterocycles. The van der Waals surface area contributed by atoms with Gasteiger partial charge in [0.25, 0.3) is 0 Å². The molecule has 0 aromatic carbocycles. The van der Waals surface area contributed by atoms with E-state index in [9.17, 15) is 0 Å². The first-order valence-electron chi connectivity index (χ1n) is 6.71. The SMILES string of the molecule is CC(C)(C)[Si](C)(C)CC[Si](C)(C)C(C)(C)C. The summed E-state index contributed by atoms with van der Waals surface area (Å²) >= 11 is 0. The van der Waals surface area contributed by atoms with E-state index in [2.05, 4.69) is 67.7 Å². The molecule has 0 N–H and O–H groups in total. The van der Waals surface area contributed by atoms with Gasteiger partial charge in [-0.2, -0.15) is 0 Å². The summed E-state index contributed by atoms with van der Waals surface area (Å²) in [6, 6.07) is 3.01. The smallest absolute Gasteiger partial charge is 0.0524 e. The molecule has 0 aromatic heterocycles. The summed E-state index contributed by atoms with van der Waals surface area (Å²) in [5, 5.41) is 1.10. The monoisotopic (exact) mass is 258 g/mol. The normalized spacial score (nSPS) is 15.4. The molecule has 0 aliphatic rings. The summed E-state index contributed by atoms with van der Waals surface area (Å²) in [6.07, 6.45) is 0. The Morgan fingerprint density at radius 2 is 0.750 bits per heavy atom. The average molecular weight is 259 g/mol. The molecule has 0 nitrogen and oxygen atoms in total. The van der Waals surface area contributed by atoms with E-state index >= 15 is 0 Å². The van der Waals surface area contributed by atoms with Crippen molar-refractivity contribution >= 4 is 16.1 Å². The highest BCUT2D eigenvalue weighted by Gasteiger charge is 2.40. The van der Waals surface area contributed by atoms with Crippen LogP contribution in [0.15, 0.2) is 0 Å². The lowest BCUT2D eigenvalue weighted by Gasteiger charge is -2.42. The lowest BCUT2D eigenvalue weighted by molar-refractivity contribution is 0.701. The largest absolute Gasteiger partial charge is 0.0690 e. The Morgan fingerprint density at radius 1 is 0.562 bits per heavy atom. The standard InChI is InChI=1S/C14H34Si2/c1-13(2,3)15(7,8)11-12-16(9,10)14(4,5)6/h11-12H2,1-10H3. The Bertz CT molecular complexity index is 200. The van der Waals surface area contributed by atoms with Crippen molar-refractivity contribution in [1.82, 2.24) is 0 Å². The summed E-state index contributed by atoms with van der Waals surface area (Å²) in [5.74, 6) is 0. The van der Waals surface area contributed by atoms with Crippen molar-refractivity contribution in [2.24, 2.45) is 0 Å². The average Bonchev–Trinajstić information content (AvgIpc) is 1.97. The van der Waals surface area contributed by atoms with Crippen LogP contribution in [0.2, 0.25) is 48.4 Å². The van der Waals surface area contributed by atoms with Gasteiger partial charge in [-0.15, -0.1) is 0 Å². The van der Waals surface area contributed by atoms with Crippen LogP contribution >= 0.6 is 0 Å². The minimum Gasteiger partial charge on any atom is -0.0690 e. The highest BCUT2D eigenvalue weighted by atomic mass is 28.3. The van der Waals surface area contributed by atoms with Gasteiger partial charge < -0.3 is 0 Å². The molecule has 0 aliphatic heterocycles. The highest BCUT2D eigenvalue weighted by molar-refractivity contribution is 6.85. The van der Waals surface area contributed by atoms with Gasteiger partial charge in [0.1, 0.15) is 0 Å². The first-order valence-corrected chi connectivity index (χ1v) is 13.1. The second-order valence-corrected chi connectivity index (χ2v) is 20.3. The van der Waals surface area contributed by atoms with E-state index in [0.717, 1.165) is 0 Å². The molecule has 0 saturated carbocycles. The Kier molecular flexibility index (Phi) is 4.73. The second kappa shape index (κ2) is 4.60. The van der Waals surface area contributed by atoms with Crippen LogP contribution in [0.5, 0.6) is 0 Å². The van der Waals surface area contributed by atoms with Crippen LogP contribution < -0.4 is 0 Å². The van der Waals surface area contributed by atoms with Crippen LogP contribution in [0.4, 0.5) is 0 Å². The molecule has 0 rings (SSSR count). The molecule has 0 saturated heterocycles. The first kappa shape index (κ1) is 16.4. The lowest BCUT2D eigenvalue weighted by atomic mass is 10.2. The zero-order valence-corrected chi connectivity index (χ0v) is 15.4. The van der Waals surface area contributed by atoms with Crippen LogP contribution in [0.3, 0.4) is 0 Å². The van der Waals surface area contributed by atoms with E-state index in [0.29, 0.717) is 10.1 Å². The van der Waals surface area contributed by atoms with Crippen molar-refractivity contribution in [1.29, 1.82) is 0 Å². The molecule has 0 spiro atoms. The van der Waals surface area contributed by atoms with Gasteiger partial charge in [-0.1, -0.05) is 79.8 Å². The predicted molar refractivity (Wildman–Crippen MR) is 84.0 cm³/mol. The molecule has 0 atom stereocenters. The van der Waals surface area contributed by atoms with Gasteiger partial charge in [-0.3, -0.25) is 0 Å². The summed E-state index contributed by atoms with van der Waals surface area (Å²) in [6.45, 7) is 24.9. The Labute approximate surface area is 106 Å². The Morgan fingerprint density at radius 3 is 0.875 bits per heavy atom. The molecule has 98 valence electrons. The molecule has 0 aromatic rings. The van der Waals surface area contributed by atoms with Crippen molar-refractivity contribution in [2.45, 2.75) is 89.9 Å². The van der Waals surface area contributed by atoms with Crippen molar-refractivity contribution in [3.63, 3.8) is 0 Å². The number of hydrogen-bond donors (Lipinski definition) is 0. The molecule has 0 bridgehead atoms. The molecule has 2 heteroatoms. The fourth-order valence-corrected chi connectivity index (χ4v) is 7.87. The quantitative estimate of drug-likeness (QED) is 0.544. The maximum Gasteiger partial charge on any atom is 0.0524 e. The van der Waals surface area contributed by atoms with Gasteiger partial charge in [0, 0.05) is 0 Å². The van der Waals surface area contributed by atoms with E-state index in [-0.39, 0.29) is 0 Å². The van der Waals surface area contributed by atoms with Crippen LogP contribution in [0.25, 0.3) is 0 Å². The fourth-order valence-electron chi connectivity index (χ4n) is 1.37. The van der Waals surface area contributed by atoms with E-state index in [4.69, 9.17) is 0 Å². The molecular weight excluding hydrogens is 224 g/mol. The lowest BCUT2D eigenvalue weighted by Crippen LogP contribution is -2.42. The molecule has 0 amide bonds. The van der Waals surface area contributed by atoms with Crippen LogP contribution in [0, 0.1) is 0 Å². The zero-order chi connectivity index (χ0) is 13.4. The maximum atomic E-state index is 2.57. The van der Waals surface area contributed by atoms with E-state index in [1.54, 1.807) is 0 Å². The summed E-state index contributed by atoms with van der Waals surface area (Å²) in [7, 11) is -2.12. The van der Waals surface area contributed by atoms with Crippen molar-refractivity contribution in [3.8, 4) is 0 Å². The van der Waals surface area contributed by atoms with Gasteiger partial charge >= 0.3 is 0 Å². The zero-order valence-electron chi connectivity index (χ0n) is 13.4. The number of hydrogen-bond acceptors (Lipinski definition) is 0. The van der Waals surface area contributed by atoms with E-state index in [1.807, 2.05) is 0 Å². The Balaban J connectivity index is 4.59.